The highest BCUT2D eigenvalue weighted by molar-refractivity contribution is 5.78. The van der Waals surface area contributed by atoms with Crippen molar-refractivity contribution in [3.63, 3.8) is 0 Å². The first-order chi connectivity index (χ1) is 7.50. The van der Waals surface area contributed by atoms with Gasteiger partial charge in [0.25, 0.3) is 0 Å². The summed E-state index contributed by atoms with van der Waals surface area (Å²) in [6.07, 6.45) is 0.451. The zero-order valence-electron chi connectivity index (χ0n) is 9.23. The molecule has 86 valence electrons. The molecule has 4 heteroatoms. The Morgan fingerprint density at radius 1 is 1.62 bits per heavy atom. The fourth-order valence-electron chi connectivity index (χ4n) is 2.14. The van der Waals surface area contributed by atoms with Gasteiger partial charge < -0.3 is 16.2 Å². The third-order valence-electron chi connectivity index (χ3n) is 3.10. The number of carboxylic acids is 1. The zero-order chi connectivity index (χ0) is 11.8. The minimum absolute atomic E-state index is 0.183. The van der Waals surface area contributed by atoms with Crippen molar-refractivity contribution in [1.29, 1.82) is 0 Å². The number of carbonyl (C=O) groups is 1. The Morgan fingerprint density at radius 3 is 3.00 bits per heavy atom. The maximum atomic E-state index is 11.0. The van der Waals surface area contributed by atoms with Crippen molar-refractivity contribution in [2.75, 3.05) is 11.9 Å². The van der Waals surface area contributed by atoms with Crippen LogP contribution in [0, 0.1) is 0 Å². The molecule has 1 aromatic carbocycles. The third kappa shape index (κ3) is 1.88. The maximum absolute atomic E-state index is 11.0. The molecule has 0 radical (unpaired) electrons. The molecule has 0 spiro atoms. The van der Waals surface area contributed by atoms with Crippen LogP contribution >= 0.6 is 0 Å². The Labute approximate surface area is 94.5 Å². The minimum Gasteiger partial charge on any atom is -0.480 e. The highest BCUT2D eigenvalue weighted by atomic mass is 16.4. The molecule has 1 aliphatic heterocycles. The number of hydrogen-bond acceptors (Lipinski definition) is 3. The number of aliphatic carboxylic acids is 1. The molecule has 0 aromatic heterocycles. The quantitative estimate of drug-likeness (QED) is 0.719. The van der Waals surface area contributed by atoms with E-state index in [1.807, 2.05) is 24.3 Å². The summed E-state index contributed by atoms with van der Waals surface area (Å²) in [4.78, 5) is 11.0. The van der Waals surface area contributed by atoms with Crippen molar-refractivity contribution in [3.05, 3.63) is 29.8 Å². The van der Waals surface area contributed by atoms with Crippen LogP contribution < -0.4 is 11.1 Å². The smallest absolute Gasteiger partial charge is 0.323 e. The molecule has 2 unspecified atom stereocenters. The second-order valence-electron chi connectivity index (χ2n) is 4.59. The lowest BCUT2D eigenvalue weighted by Gasteiger charge is -2.23. The Bertz CT molecular complexity index is 415. The second-order valence-corrected chi connectivity index (χ2v) is 4.59. The van der Waals surface area contributed by atoms with Crippen molar-refractivity contribution in [2.24, 2.45) is 5.73 Å². The van der Waals surface area contributed by atoms with E-state index in [9.17, 15) is 4.79 Å². The fourth-order valence-corrected chi connectivity index (χ4v) is 2.14. The maximum Gasteiger partial charge on any atom is 0.323 e. The molecular formula is C12H16N2O2. The van der Waals surface area contributed by atoms with Gasteiger partial charge in [-0.2, -0.15) is 0 Å². The lowest BCUT2D eigenvalue weighted by molar-refractivity contribution is -0.143. The number of rotatable bonds is 3. The normalized spacial score (nSPS) is 22.0. The van der Waals surface area contributed by atoms with Crippen molar-refractivity contribution in [3.8, 4) is 0 Å². The van der Waals surface area contributed by atoms with Gasteiger partial charge in [0, 0.05) is 18.2 Å². The van der Waals surface area contributed by atoms with Gasteiger partial charge in [0.2, 0.25) is 0 Å². The lowest BCUT2D eigenvalue weighted by Crippen LogP contribution is -2.46. The molecule has 1 heterocycles. The average Bonchev–Trinajstić information content (AvgIpc) is 2.61. The summed E-state index contributed by atoms with van der Waals surface area (Å²) in [6.45, 7) is 2.33. The predicted octanol–water partition coefficient (Wildman–Crippen LogP) is 1.39. The summed E-state index contributed by atoms with van der Waals surface area (Å²) in [5, 5.41) is 12.3. The molecule has 0 bridgehead atoms. The monoisotopic (exact) mass is 220 g/mol. The van der Waals surface area contributed by atoms with E-state index in [-0.39, 0.29) is 5.92 Å². The standard InChI is InChI=1S/C12H16N2O2/c1-12(13,11(15)16)6-8-7-14-10-5-3-2-4-9(8)10/h2-5,8,14H,6-7,13H2,1H3,(H,15,16). The van der Waals surface area contributed by atoms with E-state index in [0.717, 1.165) is 12.2 Å². The van der Waals surface area contributed by atoms with E-state index >= 15 is 0 Å². The van der Waals surface area contributed by atoms with Crippen molar-refractivity contribution >= 4 is 11.7 Å². The Hall–Kier alpha value is -1.55. The first kappa shape index (κ1) is 11.0. The summed E-state index contributed by atoms with van der Waals surface area (Å²) in [5.41, 5.74) is 6.86. The topological polar surface area (TPSA) is 75.3 Å². The molecule has 0 fully saturated rings. The molecule has 0 aliphatic carbocycles. The number of carboxylic acid groups (broad SMARTS) is 1. The molecule has 0 amide bonds. The van der Waals surface area contributed by atoms with Gasteiger partial charge in [-0.3, -0.25) is 4.79 Å². The van der Waals surface area contributed by atoms with E-state index in [2.05, 4.69) is 5.32 Å². The number of fused-ring (bicyclic) bond motifs is 1. The zero-order valence-corrected chi connectivity index (χ0v) is 9.23. The van der Waals surface area contributed by atoms with Crippen molar-refractivity contribution in [1.82, 2.24) is 0 Å². The van der Waals surface area contributed by atoms with E-state index < -0.39 is 11.5 Å². The summed E-state index contributed by atoms with van der Waals surface area (Å²) >= 11 is 0. The van der Waals surface area contributed by atoms with Gasteiger partial charge in [-0.05, 0) is 25.0 Å². The molecule has 4 N–H and O–H groups in total. The highest BCUT2D eigenvalue weighted by Gasteiger charge is 2.34. The number of nitrogens with one attached hydrogen (secondary N) is 1. The summed E-state index contributed by atoms with van der Waals surface area (Å²) in [7, 11) is 0. The lowest BCUT2D eigenvalue weighted by atomic mass is 9.86. The van der Waals surface area contributed by atoms with Crippen LogP contribution in [0.1, 0.15) is 24.8 Å². The van der Waals surface area contributed by atoms with Gasteiger partial charge in [0.1, 0.15) is 5.54 Å². The predicted molar refractivity (Wildman–Crippen MR) is 62.5 cm³/mol. The third-order valence-corrected chi connectivity index (χ3v) is 3.10. The fraction of sp³-hybridized carbons (Fsp3) is 0.417. The van der Waals surface area contributed by atoms with Crippen LogP contribution in [-0.4, -0.2) is 23.2 Å². The minimum atomic E-state index is -1.16. The van der Waals surface area contributed by atoms with E-state index in [4.69, 9.17) is 10.8 Å². The SMILES string of the molecule is CC(N)(CC1CNc2ccccc21)C(=O)O. The molecule has 0 saturated heterocycles. The summed E-state index contributed by atoms with van der Waals surface area (Å²) in [6, 6.07) is 7.96. The van der Waals surface area contributed by atoms with Crippen LogP contribution in [0.4, 0.5) is 5.69 Å². The van der Waals surface area contributed by atoms with Crippen molar-refractivity contribution < 1.29 is 9.90 Å². The number of para-hydroxylation sites is 1. The number of benzene rings is 1. The van der Waals surface area contributed by atoms with E-state index in [1.165, 1.54) is 5.56 Å². The summed E-state index contributed by atoms with van der Waals surface area (Å²) < 4.78 is 0. The second kappa shape index (κ2) is 3.79. The number of hydrogen-bond donors (Lipinski definition) is 3. The first-order valence-corrected chi connectivity index (χ1v) is 5.36. The Balaban J connectivity index is 2.18. The van der Waals surface area contributed by atoms with Gasteiger partial charge in [-0.25, -0.2) is 0 Å². The molecule has 16 heavy (non-hydrogen) atoms. The molecule has 2 rings (SSSR count). The molecule has 1 aliphatic rings. The van der Waals surface area contributed by atoms with Gasteiger partial charge in [-0.1, -0.05) is 18.2 Å². The Morgan fingerprint density at radius 2 is 2.31 bits per heavy atom. The van der Waals surface area contributed by atoms with Gasteiger partial charge in [0.15, 0.2) is 0 Å². The molecule has 0 saturated carbocycles. The van der Waals surface area contributed by atoms with Crippen LogP contribution in [0.25, 0.3) is 0 Å². The first-order valence-electron chi connectivity index (χ1n) is 5.36. The average molecular weight is 220 g/mol. The van der Waals surface area contributed by atoms with Crippen molar-refractivity contribution in [2.45, 2.75) is 24.8 Å². The van der Waals surface area contributed by atoms with Crippen LogP contribution in [0.3, 0.4) is 0 Å². The molecule has 1 aromatic rings. The van der Waals surface area contributed by atoms with E-state index in [1.54, 1.807) is 6.92 Å². The number of anilines is 1. The van der Waals surface area contributed by atoms with Crippen LogP contribution in [0.15, 0.2) is 24.3 Å². The molecule has 2 atom stereocenters. The summed E-state index contributed by atoms with van der Waals surface area (Å²) in [5.74, 6) is -0.765. The van der Waals surface area contributed by atoms with Crippen LogP contribution in [0.2, 0.25) is 0 Å². The van der Waals surface area contributed by atoms with E-state index in [0.29, 0.717) is 6.42 Å². The highest BCUT2D eigenvalue weighted by Crippen LogP contribution is 2.35. The van der Waals surface area contributed by atoms with Gasteiger partial charge in [0.05, 0.1) is 0 Å². The van der Waals surface area contributed by atoms with Crippen LogP contribution in [-0.2, 0) is 4.79 Å². The molecular weight excluding hydrogens is 204 g/mol. The number of nitrogens with two attached hydrogens (primary N) is 1. The Kier molecular flexibility index (Phi) is 2.59. The molecule has 4 nitrogen and oxygen atoms in total. The largest absolute Gasteiger partial charge is 0.480 e. The van der Waals surface area contributed by atoms with Gasteiger partial charge in [-0.15, -0.1) is 0 Å². The van der Waals surface area contributed by atoms with Crippen LogP contribution in [0.5, 0.6) is 0 Å². The van der Waals surface area contributed by atoms with Gasteiger partial charge >= 0.3 is 5.97 Å².